The summed E-state index contributed by atoms with van der Waals surface area (Å²) in [4.78, 5) is 20.6. The largest absolute Gasteiger partial charge is 0.300 e. The fourth-order valence-electron chi connectivity index (χ4n) is 5.14. The second-order valence-electron chi connectivity index (χ2n) is 7.42. The summed E-state index contributed by atoms with van der Waals surface area (Å²) in [5.74, 6) is 1.41. The molecule has 1 aliphatic carbocycles. The molecule has 2 saturated heterocycles. The van der Waals surface area contributed by atoms with E-state index in [9.17, 15) is 4.79 Å². The third kappa shape index (κ3) is 2.90. The van der Waals surface area contributed by atoms with E-state index in [0.717, 1.165) is 19.3 Å². The maximum Gasteiger partial charge on any atom is 0.250 e. The zero-order chi connectivity index (χ0) is 15.9. The van der Waals surface area contributed by atoms with Gasteiger partial charge in [0.15, 0.2) is 0 Å². The molecular formula is C17H29ClN2O2. The summed E-state index contributed by atoms with van der Waals surface area (Å²) < 4.78 is 0. The van der Waals surface area contributed by atoms with Gasteiger partial charge in [-0.25, -0.2) is 5.06 Å². The lowest BCUT2D eigenvalue weighted by Gasteiger charge is -2.47. The minimum Gasteiger partial charge on any atom is -0.300 e. The Hall–Kier alpha value is -0.320. The highest BCUT2D eigenvalue weighted by atomic mass is 35.5. The molecule has 3 aliphatic rings. The van der Waals surface area contributed by atoms with Crippen LogP contribution in [0.2, 0.25) is 0 Å². The second-order valence-corrected chi connectivity index (χ2v) is 8.04. The number of carbonyl (C=O) groups is 1. The first-order chi connectivity index (χ1) is 10.5. The van der Waals surface area contributed by atoms with E-state index in [0.29, 0.717) is 29.3 Å². The minimum atomic E-state index is 0.0885. The maximum atomic E-state index is 12.9. The van der Waals surface area contributed by atoms with Crippen molar-refractivity contribution in [2.45, 2.75) is 62.4 Å². The standard InChI is InChI=1S/C17H29ClN2O2/c1-19-13-8-9-15(19)16(17(21)20(2)22-3)14(10-13)11-4-6-12(18)7-5-11/h11-16H,4-10H2,1-3H3/t11?,12?,13-,14-,15?,16?/m1/s1. The number of amides is 1. The fraction of sp³-hybridized carbons (Fsp3) is 0.941. The van der Waals surface area contributed by atoms with Gasteiger partial charge >= 0.3 is 0 Å². The van der Waals surface area contributed by atoms with Crippen LogP contribution in [0.4, 0.5) is 0 Å². The van der Waals surface area contributed by atoms with Crippen LogP contribution in [0, 0.1) is 17.8 Å². The van der Waals surface area contributed by atoms with E-state index in [-0.39, 0.29) is 11.8 Å². The van der Waals surface area contributed by atoms with Gasteiger partial charge in [-0.3, -0.25) is 14.5 Å². The predicted octanol–water partition coefficient (Wildman–Crippen LogP) is 2.90. The third-order valence-electron chi connectivity index (χ3n) is 6.49. The molecule has 0 aromatic heterocycles. The number of hydrogen-bond acceptors (Lipinski definition) is 3. The highest BCUT2D eigenvalue weighted by molar-refractivity contribution is 6.20. The maximum absolute atomic E-state index is 12.9. The Morgan fingerprint density at radius 1 is 1.18 bits per heavy atom. The van der Waals surface area contributed by atoms with Crippen LogP contribution in [-0.2, 0) is 9.63 Å². The van der Waals surface area contributed by atoms with Gasteiger partial charge in [0.05, 0.1) is 13.0 Å². The lowest BCUT2D eigenvalue weighted by molar-refractivity contribution is -0.181. The number of hydroxylamine groups is 2. The van der Waals surface area contributed by atoms with Crippen LogP contribution in [0.15, 0.2) is 0 Å². The Balaban J connectivity index is 1.81. The summed E-state index contributed by atoms with van der Waals surface area (Å²) in [6, 6.07) is 1.06. The summed E-state index contributed by atoms with van der Waals surface area (Å²) in [5.41, 5.74) is 0. The molecule has 2 bridgehead atoms. The van der Waals surface area contributed by atoms with Crippen LogP contribution in [-0.4, -0.2) is 54.5 Å². The van der Waals surface area contributed by atoms with E-state index in [1.165, 1.54) is 30.7 Å². The van der Waals surface area contributed by atoms with Crippen LogP contribution in [0.1, 0.15) is 44.9 Å². The number of nitrogens with zero attached hydrogens (tertiary/aromatic N) is 2. The molecule has 0 radical (unpaired) electrons. The van der Waals surface area contributed by atoms with Crippen LogP contribution in [0.25, 0.3) is 0 Å². The van der Waals surface area contributed by atoms with Gasteiger partial charge in [0.2, 0.25) is 0 Å². The van der Waals surface area contributed by atoms with E-state index < -0.39 is 0 Å². The van der Waals surface area contributed by atoms with E-state index in [2.05, 4.69) is 11.9 Å². The number of carbonyl (C=O) groups excluding carboxylic acids is 1. The molecule has 2 heterocycles. The van der Waals surface area contributed by atoms with Gasteiger partial charge in [-0.05, 0) is 63.8 Å². The van der Waals surface area contributed by atoms with Crippen LogP contribution >= 0.6 is 11.6 Å². The molecule has 0 aromatic carbocycles. The zero-order valence-corrected chi connectivity index (χ0v) is 14.8. The normalized spacial score (nSPS) is 42.4. The monoisotopic (exact) mass is 328 g/mol. The Kier molecular flexibility index (Phi) is 5.01. The molecule has 126 valence electrons. The van der Waals surface area contributed by atoms with Gasteiger partial charge in [-0.15, -0.1) is 11.6 Å². The second kappa shape index (κ2) is 6.66. The summed E-state index contributed by atoms with van der Waals surface area (Å²) in [6.07, 6.45) is 8.13. The first-order valence-corrected chi connectivity index (χ1v) is 9.14. The molecule has 0 aromatic rings. The summed E-state index contributed by atoms with van der Waals surface area (Å²) in [7, 11) is 5.52. The van der Waals surface area contributed by atoms with Gasteiger partial charge in [-0.1, -0.05) is 0 Å². The number of alkyl halides is 1. The summed E-state index contributed by atoms with van der Waals surface area (Å²) >= 11 is 6.28. The molecule has 3 rings (SSSR count). The fourth-order valence-corrected chi connectivity index (χ4v) is 5.40. The van der Waals surface area contributed by atoms with Crippen LogP contribution in [0.5, 0.6) is 0 Å². The Bertz CT molecular complexity index is 411. The van der Waals surface area contributed by atoms with Gasteiger partial charge in [0.25, 0.3) is 5.91 Å². The lowest BCUT2D eigenvalue weighted by atomic mass is 9.68. The molecule has 5 heteroatoms. The molecule has 0 N–H and O–H groups in total. The quantitative estimate of drug-likeness (QED) is 0.590. The van der Waals surface area contributed by atoms with E-state index in [1.807, 2.05) is 0 Å². The summed E-state index contributed by atoms with van der Waals surface area (Å²) in [6.45, 7) is 0. The highest BCUT2D eigenvalue weighted by Gasteiger charge is 2.51. The van der Waals surface area contributed by atoms with Gasteiger partial charge < -0.3 is 0 Å². The molecule has 3 fully saturated rings. The summed E-state index contributed by atoms with van der Waals surface area (Å²) in [5, 5.41) is 1.78. The first-order valence-electron chi connectivity index (χ1n) is 8.70. The molecular weight excluding hydrogens is 300 g/mol. The average molecular weight is 329 g/mol. The van der Waals surface area contributed by atoms with Crippen molar-refractivity contribution in [1.82, 2.24) is 9.96 Å². The smallest absolute Gasteiger partial charge is 0.250 e. The SMILES string of the molecule is CON(C)C(=O)C1C2CC[C@H](C[C@@H]1C1CCC(Cl)CC1)N2C. The van der Waals surface area contributed by atoms with Crippen molar-refractivity contribution < 1.29 is 9.63 Å². The van der Waals surface area contributed by atoms with Crippen molar-refractivity contribution in [1.29, 1.82) is 0 Å². The van der Waals surface area contributed by atoms with Crippen molar-refractivity contribution in [2.24, 2.45) is 17.8 Å². The minimum absolute atomic E-state index is 0.0885. The zero-order valence-electron chi connectivity index (χ0n) is 14.0. The predicted molar refractivity (Wildman–Crippen MR) is 87.5 cm³/mol. The Morgan fingerprint density at radius 3 is 2.50 bits per heavy atom. The molecule has 0 spiro atoms. The Morgan fingerprint density at radius 2 is 1.86 bits per heavy atom. The lowest BCUT2D eigenvalue weighted by Crippen LogP contribution is -2.54. The Labute approximate surface area is 139 Å². The number of hydrogen-bond donors (Lipinski definition) is 0. The van der Waals surface area contributed by atoms with Crippen molar-refractivity contribution in [3.8, 4) is 0 Å². The van der Waals surface area contributed by atoms with Gasteiger partial charge in [0, 0.05) is 24.5 Å². The number of fused-ring (bicyclic) bond motifs is 2. The van der Waals surface area contributed by atoms with E-state index >= 15 is 0 Å². The topological polar surface area (TPSA) is 32.8 Å². The molecule has 22 heavy (non-hydrogen) atoms. The van der Waals surface area contributed by atoms with Gasteiger partial charge in [0.1, 0.15) is 0 Å². The van der Waals surface area contributed by atoms with E-state index in [1.54, 1.807) is 14.2 Å². The number of rotatable bonds is 3. The third-order valence-corrected chi connectivity index (χ3v) is 6.93. The molecule has 1 amide bonds. The van der Waals surface area contributed by atoms with E-state index in [4.69, 9.17) is 16.4 Å². The average Bonchev–Trinajstić information content (AvgIpc) is 2.76. The van der Waals surface area contributed by atoms with Gasteiger partial charge in [-0.2, -0.15) is 0 Å². The molecule has 4 atom stereocenters. The van der Waals surface area contributed by atoms with Crippen LogP contribution < -0.4 is 0 Å². The molecule has 2 aliphatic heterocycles. The molecule has 1 saturated carbocycles. The molecule has 4 nitrogen and oxygen atoms in total. The van der Waals surface area contributed by atoms with Crippen molar-refractivity contribution in [3.63, 3.8) is 0 Å². The van der Waals surface area contributed by atoms with Crippen molar-refractivity contribution in [3.05, 3.63) is 0 Å². The van der Waals surface area contributed by atoms with Crippen molar-refractivity contribution >= 4 is 17.5 Å². The molecule has 2 unspecified atom stereocenters. The number of halogens is 1. The van der Waals surface area contributed by atoms with Crippen molar-refractivity contribution in [2.75, 3.05) is 21.2 Å². The van der Waals surface area contributed by atoms with Crippen LogP contribution in [0.3, 0.4) is 0 Å². The number of piperidine rings is 1. The highest BCUT2D eigenvalue weighted by Crippen LogP contribution is 2.48. The first kappa shape index (κ1) is 16.5.